The average molecular weight is 500 g/mol. The van der Waals surface area contributed by atoms with E-state index < -0.39 is 0 Å². The zero-order chi connectivity index (χ0) is 21.4. The number of methoxy groups -OCH3 is 1. The SMILES string of the molecule is COc1ccc(CCn2c(Sc3cc4c(cc3Br)OCO4)nc3c(N)ncnc32)cc1. The molecule has 0 unspecified atom stereocenters. The molecule has 0 aliphatic carbocycles. The highest BCUT2D eigenvalue weighted by Gasteiger charge is 2.20. The number of hydrogen-bond donors (Lipinski definition) is 1. The van der Waals surface area contributed by atoms with E-state index in [0.29, 0.717) is 29.3 Å². The van der Waals surface area contributed by atoms with Crippen molar-refractivity contribution >= 4 is 44.7 Å². The van der Waals surface area contributed by atoms with Crippen molar-refractivity contribution in [2.75, 3.05) is 19.6 Å². The molecule has 2 aromatic carbocycles. The zero-order valence-corrected chi connectivity index (χ0v) is 18.9. The van der Waals surface area contributed by atoms with E-state index in [9.17, 15) is 0 Å². The van der Waals surface area contributed by atoms with Gasteiger partial charge in [-0.15, -0.1) is 0 Å². The number of ether oxygens (including phenoxy) is 3. The molecule has 2 aromatic heterocycles. The molecule has 0 radical (unpaired) electrons. The third kappa shape index (κ3) is 3.88. The number of nitrogens with two attached hydrogens (primary N) is 1. The number of halogens is 1. The van der Waals surface area contributed by atoms with Gasteiger partial charge in [0.1, 0.15) is 12.1 Å². The lowest BCUT2D eigenvalue weighted by molar-refractivity contribution is 0.174. The number of fused-ring (bicyclic) bond motifs is 2. The van der Waals surface area contributed by atoms with Crippen LogP contribution < -0.4 is 19.9 Å². The van der Waals surface area contributed by atoms with Crippen LogP contribution in [0.4, 0.5) is 5.82 Å². The Bertz CT molecular complexity index is 1260. The highest BCUT2D eigenvalue weighted by molar-refractivity contribution is 9.10. The van der Waals surface area contributed by atoms with Crippen LogP contribution in [0.3, 0.4) is 0 Å². The number of rotatable bonds is 6. The summed E-state index contributed by atoms with van der Waals surface area (Å²) in [6.45, 7) is 0.909. The normalized spacial score (nSPS) is 12.5. The lowest BCUT2D eigenvalue weighted by Gasteiger charge is -2.10. The molecule has 31 heavy (non-hydrogen) atoms. The second kappa shape index (κ2) is 8.27. The third-order valence-corrected chi connectivity index (χ3v) is 6.91. The summed E-state index contributed by atoms with van der Waals surface area (Å²) in [5.41, 5.74) is 8.57. The molecule has 1 aliphatic heterocycles. The zero-order valence-electron chi connectivity index (χ0n) is 16.5. The van der Waals surface area contributed by atoms with Crippen molar-refractivity contribution in [3.63, 3.8) is 0 Å². The second-order valence-corrected chi connectivity index (χ2v) is 8.68. The lowest BCUT2D eigenvalue weighted by atomic mass is 10.1. The number of hydrogen-bond acceptors (Lipinski definition) is 8. The van der Waals surface area contributed by atoms with Crippen molar-refractivity contribution < 1.29 is 14.2 Å². The van der Waals surface area contributed by atoms with Gasteiger partial charge in [0.15, 0.2) is 33.6 Å². The second-order valence-electron chi connectivity index (χ2n) is 6.81. The van der Waals surface area contributed by atoms with Gasteiger partial charge in [-0.25, -0.2) is 15.0 Å². The number of aromatic nitrogens is 4. The Morgan fingerprint density at radius 1 is 1.16 bits per heavy atom. The van der Waals surface area contributed by atoms with Crippen molar-refractivity contribution in [1.29, 1.82) is 0 Å². The fourth-order valence-electron chi connectivity index (χ4n) is 3.32. The van der Waals surface area contributed by atoms with Crippen LogP contribution in [-0.4, -0.2) is 33.4 Å². The molecule has 8 nitrogen and oxygen atoms in total. The summed E-state index contributed by atoms with van der Waals surface area (Å²) in [6.07, 6.45) is 2.27. The Kier molecular flexibility index (Phi) is 5.33. The summed E-state index contributed by atoms with van der Waals surface area (Å²) in [7, 11) is 1.66. The molecule has 0 atom stereocenters. The largest absolute Gasteiger partial charge is 0.497 e. The molecule has 0 saturated heterocycles. The third-order valence-electron chi connectivity index (χ3n) is 4.94. The molecule has 158 valence electrons. The van der Waals surface area contributed by atoms with Crippen LogP contribution in [-0.2, 0) is 13.0 Å². The molecule has 0 fully saturated rings. The van der Waals surface area contributed by atoms with E-state index in [1.54, 1.807) is 7.11 Å². The van der Waals surface area contributed by atoms with E-state index in [1.165, 1.54) is 23.7 Å². The molecule has 10 heteroatoms. The Balaban J connectivity index is 1.49. The number of nitrogen functional groups attached to an aromatic ring is 1. The minimum Gasteiger partial charge on any atom is -0.497 e. The van der Waals surface area contributed by atoms with Gasteiger partial charge < -0.3 is 24.5 Å². The molecule has 0 saturated carbocycles. The average Bonchev–Trinajstić information content (AvgIpc) is 3.37. The lowest BCUT2D eigenvalue weighted by Crippen LogP contribution is -2.04. The molecule has 4 aromatic rings. The summed E-state index contributed by atoms with van der Waals surface area (Å²) in [4.78, 5) is 14.2. The highest BCUT2D eigenvalue weighted by Crippen LogP contribution is 2.43. The fraction of sp³-hybridized carbons (Fsp3) is 0.190. The number of imidazole rings is 1. The maximum atomic E-state index is 6.08. The Morgan fingerprint density at radius 3 is 2.71 bits per heavy atom. The first-order valence-corrected chi connectivity index (χ1v) is 11.1. The van der Waals surface area contributed by atoms with E-state index in [0.717, 1.165) is 32.4 Å². The molecule has 3 heterocycles. The van der Waals surface area contributed by atoms with Crippen LogP contribution in [0.1, 0.15) is 5.56 Å². The molecule has 2 N–H and O–H groups in total. The number of aryl methyl sites for hydroxylation is 2. The van der Waals surface area contributed by atoms with Crippen LogP contribution in [0.5, 0.6) is 17.2 Å². The molecule has 0 spiro atoms. The Morgan fingerprint density at radius 2 is 1.94 bits per heavy atom. The summed E-state index contributed by atoms with van der Waals surface area (Å²) >= 11 is 5.13. The quantitative estimate of drug-likeness (QED) is 0.419. The van der Waals surface area contributed by atoms with Gasteiger partial charge in [0, 0.05) is 15.9 Å². The maximum absolute atomic E-state index is 6.08. The van der Waals surface area contributed by atoms with E-state index in [-0.39, 0.29) is 6.79 Å². The van der Waals surface area contributed by atoms with E-state index in [2.05, 4.69) is 42.6 Å². The summed E-state index contributed by atoms with van der Waals surface area (Å²) in [5.74, 6) is 2.63. The number of benzene rings is 2. The molecule has 1 aliphatic rings. The van der Waals surface area contributed by atoms with Crippen molar-refractivity contribution in [3.8, 4) is 17.2 Å². The summed E-state index contributed by atoms with van der Waals surface area (Å²) in [5, 5.41) is 0.773. The van der Waals surface area contributed by atoms with E-state index in [4.69, 9.17) is 24.9 Å². The van der Waals surface area contributed by atoms with Crippen molar-refractivity contribution in [2.45, 2.75) is 23.0 Å². The van der Waals surface area contributed by atoms with Crippen molar-refractivity contribution in [1.82, 2.24) is 19.5 Å². The van der Waals surface area contributed by atoms with Gasteiger partial charge in [-0.2, -0.15) is 0 Å². The molecular weight excluding hydrogens is 482 g/mol. The fourth-order valence-corrected chi connectivity index (χ4v) is 4.83. The van der Waals surface area contributed by atoms with Crippen LogP contribution >= 0.6 is 27.7 Å². The number of nitrogens with zero attached hydrogens (tertiary/aromatic N) is 4. The first kappa shape index (κ1) is 20.0. The van der Waals surface area contributed by atoms with Crippen LogP contribution in [0.2, 0.25) is 0 Å². The summed E-state index contributed by atoms with van der Waals surface area (Å²) < 4.78 is 19.2. The van der Waals surface area contributed by atoms with Crippen molar-refractivity contribution in [2.24, 2.45) is 0 Å². The topological polar surface area (TPSA) is 97.3 Å². The Hall–Kier alpha value is -2.98. The van der Waals surface area contributed by atoms with Crippen molar-refractivity contribution in [3.05, 3.63) is 52.8 Å². The van der Waals surface area contributed by atoms with Gasteiger partial charge >= 0.3 is 0 Å². The van der Waals surface area contributed by atoms with Gasteiger partial charge in [-0.3, -0.25) is 0 Å². The smallest absolute Gasteiger partial charge is 0.231 e. The van der Waals surface area contributed by atoms with Crippen LogP contribution in [0.15, 0.2) is 57.3 Å². The maximum Gasteiger partial charge on any atom is 0.231 e. The van der Waals surface area contributed by atoms with Gasteiger partial charge in [0.05, 0.1) is 7.11 Å². The van der Waals surface area contributed by atoms with Crippen LogP contribution in [0, 0.1) is 0 Å². The minimum absolute atomic E-state index is 0.225. The number of anilines is 1. The monoisotopic (exact) mass is 499 g/mol. The minimum atomic E-state index is 0.225. The highest BCUT2D eigenvalue weighted by atomic mass is 79.9. The van der Waals surface area contributed by atoms with Crippen LogP contribution in [0.25, 0.3) is 11.2 Å². The van der Waals surface area contributed by atoms with Gasteiger partial charge in [-0.1, -0.05) is 23.9 Å². The standard InChI is InChI=1S/C21H18BrN5O3S/c1-28-13-4-2-12(3-5-13)6-7-27-20-18(19(23)24-10-25-20)26-21(27)31-17-9-16-15(8-14(17)22)29-11-30-16/h2-5,8-10H,6-7,11H2,1H3,(H2,23,24,25). The first-order valence-electron chi connectivity index (χ1n) is 9.49. The first-order chi connectivity index (χ1) is 15.1. The predicted molar refractivity (Wildman–Crippen MR) is 121 cm³/mol. The van der Waals surface area contributed by atoms with E-state index in [1.807, 2.05) is 24.3 Å². The van der Waals surface area contributed by atoms with Gasteiger partial charge in [0.2, 0.25) is 6.79 Å². The molecule has 5 rings (SSSR count). The van der Waals surface area contributed by atoms with Gasteiger partial charge in [-0.05, 0) is 52.2 Å². The van der Waals surface area contributed by atoms with Gasteiger partial charge in [0.25, 0.3) is 0 Å². The Labute approximate surface area is 190 Å². The summed E-state index contributed by atoms with van der Waals surface area (Å²) in [6, 6.07) is 11.9. The predicted octanol–water partition coefficient (Wildman–Crippen LogP) is 4.30. The molecule has 0 bridgehead atoms. The van der Waals surface area contributed by atoms with E-state index >= 15 is 0 Å². The molecular formula is C21H18BrN5O3S. The molecule has 0 amide bonds.